The van der Waals surface area contributed by atoms with Crippen molar-refractivity contribution < 1.29 is 13.5 Å². The van der Waals surface area contributed by atoms with Crippen LogP contribution in [0.3, 0.4) is 0 Å². The Kier molecular flexibility index (Phi) is 7.54. The molecule has 0 amide bonds. The van der Waals surface area contributed by atoms with Crippen molar-refractivity contribution in [2.24, 2.45) is 0 Å². The molecule has 7 heteroatoms. The van der Waals surface area contributed by atoms with Crippen LogP contribution in [0.4, 0.5) is 0 Å². The van der Waals surface area contributed by atoms with Crippen molar-refractivity contribution in [3.63, 3.8) is 0 Å². The molecule has 1 unspecified atom stereocenters. The predicted octanol–water partition coefficient (Wildman–Crippen LogP) is 3.77. The minimum atomic E-state index is -2.21. The quantitative estimate of drug-likeness (QED) is 0.681. The summed E-state index contributed by atoms with van der Waals surface area (Å²) in [6.45, 7) is 0.256. The number of halogens is 2. The number of ether oxygens (including phenoxy) is 1. The third-order valence-electron chi connectivity index (χ3n) is 2.39. The second kappa shape index (κ2) is 8.39. The maximum Gasteiger partial charge on any atom is 0.190 e. The maximum atomic E-state index is 11.3. The topological polar surface area (TPSA) is 46.5 Å². The molecule has 0 bridgehead atoms. The molecular weight excluding hydrogens is 330 g/mol. The largest absolute Gasteiger partial charge is 0.486 e. The fraction of sp³-hybridized carbons (Fsp3) is 0.0769. The first-order valence-corrected chi connectivity index (χ1v) is 7.21. The molecule has 0 heterocycles. The van der Waals surface area contributed by atoms with Crippen molar-refractivity contribution in [2.45, 2.75) is 11.5 Å². The monoisotopic (exact) mass is 339 g/mol. The number of rotatable bonds is 4. The molecule has 0 aliphatic rings. The maximum absolute atomic E-state index is 11.3. The first-order valence-electron chi connectivity index (χ1n) is 5.34. The summed E-state index contributed by atoms with van der Waals surface area (Å²) in [5.74, 6) is 0.177. The molecule has 2 aromatic rings. The van der Waals surface area contributed by atoms with Crippen molar-refractivity contribution in [1.29, 1.82) is 0 Å². The molecule has 2 rings (SSSR count). The third-order valence-corrected chi connectivity index (χ3v) is 3.57. The second-order valence-corrected chi connectivity index (χ2v) is 5.52. The molecule has 0 aromatic heterocycles. The minimum absolute atomic E-state index is 0. The summed E-state index contributed by atoms with van der Waals surface area (Å²) in [6, 6.07) is 12.3. The summed E-state index contributed by atoms with van der Waals surface area (Å²) in [5.41, 5.74) is 0.934. The van der Waals surface area contributed by atoms with Crippen LogP contribution in [-0.4, -0.2) is 38.3 Å². The Morgan fingerprint density at radius 1 is 1.15 bits per heavy atom. The van der Waals surface area contributed by atoms with Crippen molar-refractivity contribution in [3.05, 3.63) is 58.1 Å². The SMILES string of the molecule is O=S(O)c1cc(Cl)cc(Cl)c1OCc1ccccc1.[Na]. The molecule has 0 aliphatic carbocycles. The van der Waals surface area contributed by atoms with E-state index in [1.807, 2.05) is 30.3 Å². The molecule has 2 aromatic carbocycles. The molecule has 3 nitrogen and oxygen atoms in total. The van der Waals surface area contributed by atoms with Crippen LogP contribution in [0.2, 0.25) is 10.0 Å². The molecular formula is C13H10Cl2NaO3S. The Morgan fingerprint density at radius 2 is 1.80 bits per heavy atom. The fourth-order valence-electron chi connectivity index (χ4n) is 1.54. The van der Waals surface area contributed by atoms with E-state index in [2.05, 4.69) is 0 Å². The van der Waals surface area contributed by atoms with Gasteiger partial charge in [0.25, 0.3) is 0 Å². The summed E-state index contributed by atoms with van der Waals surface area (Å²) >= 11 is 9.57. The number of benzene rings is 2. The van der Waals surface area contributed by atoms with Crippen LogP contribution in [0.5, 0.6) is 5.75 Å². The van der Waals surface area contributed by atoms with E-state index in [9.17, 15) is 8.76 Å². The fourth-order valence-corrected chi connectivity index (χ4v) is 2.76. The van der Waals surface area contributed by atoms with E-state index >= 15 is 0 Å². The Labute approximate surface area is 151 Å². The van der Waals surface area contributed by atoms with E-state index in [-0.39, 0.29) is 56.9 Å². The second-order valence-electron chi connectivity index (χ2n) is 3.74. The molecule has 20 heavy (non-hydrogen) atoms. The summed E-state index contributed by atoms with van der Waals surface area (Å²) in [6.07, 6.45) is 0. The van der Waals surface area contributed by atoms with Gasteiger partial charge in [-0.15, -0.1) is 0 Å². The van der Waals surface area contributed by atoms with Crippen LogP contribution < -0.4 is 4.74 Å². The van der Waals surface area contributed by atoms with Gasteiger partial charge in [-0.1, -0.05) is 53.5 Å². The van der Waals surface area contributed by atoms with Crippen LogP contribution >= 0.6 is 23.2 Å². The first-order chi connectivity index (χ1) is 9.08. The van der Waals surface area contributed by atoms with E-state index in [0.717, 1.165) is 5.56 Å². The normalized spacial score (nSPS) is 11.6. The summed E-state index contributed by atoms with van der Waals surface area (Å²) in [4.78, 5) is 0.0634. The van der Waals surface area contributed by atoms with Crippen molar-refractivity contribution in [1.82, 2.24) is 0 Å². The Balaban J connectivity index is 0.00000200. The van der Waals surface area contributed by atoms with E-state index in [4.69, 9.17) is 27.9 Å². The number of hydrogen-bond acceptors (Lipinski definition) is 2. The Morgan fingerprint density at radius 3 is 2.40 bits per heavy atom. The predicted molar refractivity (Wildman–Crippen MR) is 82.0 cm³/mol. The number of hydrogen-bond donors (Lipinski definition) is 1. The summed E-state index contributed by atoms with van der Waals surface area (Å²) in [5, 5.41) is 0.496. The van der Waals surface area contributed by atoms with E-state index < -0.39 is 11.1 Å². The molecule has 0 spiro atoms. The van der Waals surface area contributed by atoms with Gasteiger partial charge < -0.3 is 9.29 Å². The molecule has 0 saturated heterocycles. The van der Waals surface area contributed by atoms with Crippen molar-refractivity contribution in [3.8, 4) is 5.75 Å². The van der Waals surface area contributed by atoms with E-state index in [1.165, 1.54) is 12.1 Å². The van der Waals surface area contributed by atoms with Gasteiger partial charge in [0.15, 0.2) is 16.8 Å². The summed E-state index contributed by atoms with van der Waals surface area (Å²) in [7, 11) is 0. The molecule has 101 valence electrons. The van der Waals surface area contributed by atoms with Crippen LogP contribution in [0.25, 0.3) is 0 Å². The van der Waals surface area contributed by atoms with Crippen molar-refractivity contribution >= 4 is 63.8 Å². The standard InChI is InChI=1S/C13H10Cl2O3S.Na/c14-10-6-11(15)13(12(7-10)19(16)17)18-8-9-4-2-1-3-5-9;/h1-7H,8H2,(H,16,17);. The van der Waals surface area contributed by atoms with Gasteiger partial charge in [0.2, 0.25) is 0 Å². The van der Waals surface area contributed by atoms with Gasteiger partial charge in [-0.05, 0) is 17.7 Å². The van der Waals surface area contributed by atoms with Gasteiger partial charge in [0, 0.05) is 34.6 Å². The average molecular weight is 340 g/mol. The molecule has 1 atom stereocenters. The molecule has 0 fully saturated rings. The van der Waals surface area contributed by atoms with E-state index in [1.54, 1.807) is 0 Å². The van der Waals surface area contributed by atoms with E-state index in [0.29, 0.717) is 0 Å². The molecule has 1 N–H and O–H groups in total. The Hall–Kier alpha value is -0.0700. The van der Waals surface area contributed by atoms with Crippen LogP contribution in [0, 0.1) is 0 Å². The average Bonchev–Trinajstić information content (AvgIpc) is 2.38. The molecule has 1 radical (unpaired) electrons. The third kappa shape index (κ3) is 4.74. The zero-order chi connectivity index (χ0) is 13.8. The molecule has 0 aliphatic heterocycles. The Bertz CT molecular complexity index is 608. The van der Waals surface area contributed by atoms with Gasteiger partial charge in [-0.2, -0.15) is 0 Å². The minimum Gasteiger partial charge on any atom is -0.486 e. The van der Waals surface area contributed by atoms with Crippen LogP contribution in [-0.2, 0) is 17.7 Å². The zero-order valence-corrected chi connectivity index (χ0v) is 15.0. The zero-order valence-electron chi connectivity index (χ0n) is 10.7. The van der Waals surface area contributed by atoms with Gasteiger partial charge in [0.1, 0.15) is 11.5 Å². The first kappa shape index (κ1) is 18.0. The van der Waals surface area contributed by atoms with Gasteiger partial charge in [0.05, 0.1) is 5.02 Å². The van der Waals surface area contributed by atoms with Crippen molar-refractivity contribution in [2.75, 3.05) is 0 Å². The van der Waals surface area contributed by atoms with Gasteiger partial charge in [-0.25, -0.2) is 4.21 Å². The smallest absolute Gasteiger partial charge is 0.190 e. The van der Waals surface area contributed by atoms with Gasteiger partial charge >= 0.3 is 0 Å². The van der Waals surface area contributed by atoms with Gasteiger partial charge in [-0.3, -0.25) is 0 Å². The summed E-state index contributed by atoms with van der Waals surface area (Å²) < 4.78 is 26.0. The van der Waals surface area contributed by atoms with Crippen LogP contribution in [0.15, 0.2) is 47.4 Å². The molecule has 0 saturated carbocycles. The van der Waals surface area contributed by atoms with Crippen LogP contribution in [0.1, 0.15) is 5.56 Å².